The van der Waals surface area contributed by atoms with E-state index in [1.807, 2.05) is 32.2 Å². The van der Waals surface area contributed by atoms with E-state index < -0.39 is 6.43 Å². The molecule has 6 rings (SSSR count). The largest absolute Gasteiger partial charge is 0.338 e. The molecule has 3 aromatic heterocycles. The Balaban J connectivity index is 1.53. The molecule has 0 radical (unpaired) electrons. The van der Waals surface area contributed by atoms with E-state index in [4.69, 9.17) is 4.98 Å². The van der Waals surface area contributed by atoms with Crippen LogP contribution in [0.2, 0.25) is 0 Å². The van der Waals surface area contributed by atoms with Crippen molar-refractivity contribution in [2.45, 2.75) is 31.9 Å². The quantitative estimate of drug-likeness (QED) is 0.419. The molecule has 1 unspecified atom stereocenters. The number of imidazole rings is 1. The highest BCUT2D eigenvalue weighted by molar-refractivity contribution is 5.96. The minimum atomic E-state index is -2.71. The van der Waals surface area contributed by atoms with Crippen LogP contribution in [0.1, 0.15) is 42.4 Å². The van der Waals surface area contributed by atoms with E-state index >= 15 is 0 Å². The van der Waals surface area contributed by atoms with Crippen LogP contribution in [0.15, 0.2) is 36.7 Å². The number of fused-ring (bicyclic) bond motifs is 2. The third-order valence-corrected chi connectivity index (χ3v) is 7.61. The van der Waals surface area contributed by atoms with Gasteiger partial charge in [-0.05, 0) is 26.1 Å². The Labute approximate surface area is 219 Å². The normalized spacial score (nSPS) is 18.4. The molecule has 1 fully saturated rings. The molecule has 2 aliphatic rings. The topological polar surface area (TPSA) is 84.1 Å². The second-order valence-electron chi connectivity index (χ2n) is 10.3. The van der Waals surface area contributed by atoms with Gasteiger partial charge in [0, 0.05) is 68.0 Å². The lowest BCUT2D eigenvalue weighted by atomic mass is 9.99. The summed E-state index contributed by atoms with van der Waals surface area (Å²) >= 11 is 0. The number of hydrogen-bond acceptors (Lipinski definition) is 6. The average Bonchev–Trinajstić information content (AvgIpc) is 3.47. The van der Waals surface area contributed by atoms with Crippen molar-refractivity contribution in [3.05, 3.63) is 53.7 Å². The van der Waals surface area contributed by atoms with Crippen molar-refractivity contribution in [2.75, 3.05) is 33.9 Å². The van der Waals surface area contributed by atoms with Crippen LogP contribution in [-0.2, 0) is 18.4 Å². The third-order valence-electron chi connectivity index (χ3n) is 7.61. The summed E-state index contributed by atoms with van der Waals surface area (Å²) in [7, 11) is 5.45. The number of nitrogens with one attached hydrogen (secondary N) is 1. The number of carbonyl (C=O) groups excluding carboxylic acids is 1. The molecule has 1 N–H and O–H groups in total. The van der Waals surface area contributed by atoms with Crippen molar-refractivity contribution >= 4 is 16.8 Å². The molecule has 0 bridgehead atoms. The molecule has 0 spiro atoms. The van der Waals surface area contributed by atoms with E-state index in [1.54, 1.807) is 36.1 Å². The third kappa shape index (κ3) is 3.88. The Morgan fingerprint density at radius 2 is 1.95 bits per heavy atom. The SMILES string of the molecule is CNCN1CC(c2nc(-c3cccc4nc(-c5cnn(C)c5)c(C(F)F)cc34)c3n2C(C)C(=O)N(C)C3)C1. The van der Waals surface area contributed by atoms with Gasteiger partial charge in [-0.2, -0.15) is 5.10 Å². The summed E-state index contributed by atoms with van der Waals surface area (Å²) in [5.74, 6) is 1.11. The molecule has 2 aliphatic heterocycles. The molecular formula is C27H30F2N8O. The first-order valence-electron chi connectivity index (χ1n) is 12.7. The molecule has 0 aliphatic carbocycles. The number of halogens is 2. The monoisotopic (exact) mass is 520 g/mol. The van der Waals surface area contributed by atoms with E-state index in [1.165, 1.54) is 6.07 Å². The first kappa shape index (κ1) is 24.6. The van der Waals surface area contributed by atoms with Crippen LogP contribution >= 0.6 is 0 Å². The first-order chi connectivity index (χ1) is 18.3. The smallest absolute Gasteiger partial charge is 0.265 e. The molecule has 1 atom stereocenters. The van der Waals surface area contributed by atoms with Gasteiger partial charge in [0.25, 0.3) is 6.43 Å². The fourth-order valence-corrected chi connectivity index (χ4v) is 5.75. The molecule has 9 nitrogen and oxygen atoms in total. The summed E-state index contributed by atoms with van der Waals surface area (Å²) in [6.45, 7) is 4.78. The highest BCUT2D eigenvalue weighted by Gasteiger charge is 2.39. The fourth-order valence-electron chi connectivity index (χ4n) is 5.75. The van der Waals surface area contributed by atoms with Gasteiger partial charge in [0.1, 0.15) is 11.9 Å². The molecule has 38 heavy (non-hydrogen) atoms. The van der Waals surface area contributed by atoms with E-state index in [0.717, 1.165) is 42.5 Å². The Bertz CT molecular complexity index is 1540. The van der Waals surface area contributed by atoms with Crippen molar-refractivity contribution in [3.63, 3.8) is 0 Å². The molecule has 11 heteroatoms. The van der Waals surface area contributed by atoms with Gasteiger partial charge >= 0.3 is 0 Å². The summed E-state index contributed by atoms with van der Waals surface area (Å²) in [5, 5.41) is 7.92. The number of alkyl halides is 2. The van der Waals surface area contributed by atoms with E-state index in [2.05, 4.69) is 24.9 Å². The van der Waals surface area contributed by atoms with Crippen molar-refractivity contribution in [3.8, 4) is 22.5 Å². The maximum absolute atomic E-state index is 14.3. The predicted molar refractivity (Wildman–Crippen MR) is 140 cm³/mol. The number of likely N-dealkylation sites (N-methyl/N-ethyl adjacent to an activating group) is 1. The van der Waals surface area contributed by atoms with Crippen LogP contribution in [0.25, 0.3) is 33.4 Å². The minimum absolute atomic E-state index is 0.0368. The molecule has 4 aromatic rings. The molecule has 5 heterocycles. The van der Waals surface area contributed by atoms with Gasteiger partial charge in [-0.3, -0.25) is 14.4 Å². The van der Waals surface area contributed by atoms with Crippen molar-refractivity contribution < 1.29 is 13.6 Å². The molecular weight excluding hydrogens is 490 g/mol. The van der Waals surface area contributed by atoms with Gasteiger partial charge in [0.05, 0.1) is 35.3 Å². The maximum Gasteiger partial charge on any atom is 0.265 e. The second-order valence-corrected chi connectivity index (χ2v) is 10.3. The van der Waals surface area contributed by atoms with E-state index in [0.29, 0.717) is 23.0 Å². The van der Waals surface area contributed by atoms with Gasteiger partial charge in [0.15, 0.2) is 0 Å². The standard InChI is InChI=1S/C27H30F2N8O/c1-15-27(38)34(3)13-22-24(33-26(37(15)22)17-11-36(12-17)14-30-2)18-6-5-7-21-19(18)8-20(25(28)29)23(32-21)16-9-31-35(4)10-16/h5-10,15,17,25,30H,11-14H2,1-4H3. The highest BCUT2D eigenvalue weighted by atomic mass is 19.3. The van der Waals surface area contributed by atoms with Gasteiger partial charge in [0.2, 0.25) is 5.91 Å². The lowest BCUT2D eigenvalue weighted by Gasteiger charge is -2.40. The van der Waals surface area contributed by atoms with E-state index in [9.17, 15) is 13.6 Å². The summed E-state index contributed by atoms with van der Waals surface area (Å²) in [4.78, 5) is 26.7. The first-order valence-corrected chi connectivity index (χ1v) is 12.7. The number of pyridine rings is 1. The van der Waals surface area contributed by atoms with Gasteiger partial charge in [-0.1, -0.05) is 12.1 Å². The van der Waals surface area contributed by atoms with Crippen LogP contribution < -0.4 is 5.32 Å². The van der Waals surface area contributed by atoms with Crippen molar-refractivity contribution in [2.24, 2.45) is 7.05 Å². The van der Waals surface area contributed by atoms with Crippen LogP contribution in [0.3, 0.4) is 0 Å². The number of carbonyl (C=O) groups is 1. The lowest BCUT2D eigenvalue weighted by Crippen LogP contribution is -2.50. The summed E-state index contributed by atoms with van der Waals surface area (Å²) in [6.07, 6.45) is 0.525. The Hall–Kier alpha value is -3.70. The molecule has 198 valence electrons. The number of nitrogens with zero attached hydrogens (tertiary/aromatic N) is 7. The minimum Gasteiger partial charge on any atom is -0.338 e. The van der Waals surface area contributed by atoms with E-state index in [-0.39, 0.29) is 29.1 Å². The van der Waals surface area contributed by atoms with Crippen molar-refractivity contribution in [1.29, 1.82) is 0 Å². The maximum atomic E-state index is 14.3. The van der Waals surface area contributed by atoms with Gasteiger partial charge in [-0.25, -0.2) is 18.7 Å². The number of likely N-dealkylation sites (tertiary alicyclic amines) is 1. The predicted octanol–water partition coefficient (Wildman–Crippen LogP) is 3.55. The summed E-state index contributed by atoms with van der Waals surface area (Å²) in [5.41, 5.74) is 3.61. The molecule has 1 saturated heterocycles. The zero-order valence-corrected chi connectivity index (χ0v) is 21.8. The summed E-state index contributed by atoms with van der Waals surface area (Å²) < 4.78 is 32.3. The Kier molecular flexibility index (Phi) is 5.99. The fraction of sp³-hybridized carbons (Fsp3) is 0.407. The number of aryl methyl sites for hydroxylation is 1. The van der Waals surface area contributed by atoms with Gasteiger partial charge < -0.3 is 14.8 Å². The zero-order chi connectivity index (χ0) is 26.7. The van der Waals surface area contributed by atoms with Crippen LogP contribution in [0.5, 0.6) is 0 Å². The number of amides is 1. The second kappa shape index (κ2) is 9.25. The lowest BCUT2D eigenvalue weighted by molar-refractivity contribution is -0.135. The van der Waals surface area contributed by atoms with Crippen molar-refractivity contribution in [1.82, 2.24) is 39.4 Å². The molecule has 1 amide bonds. The summed E-state index contributed by atoms with van der Waals surface area (Å²) in [6, 6.07) is 6.77. The number of hydrogen-bond donors (Lipinski definition) is 1. The number of aromatic nitrogens is 5. The van der Waals surface area contributed by atoms with Gasteiger partial charge in [-0.15, -0.1) is 0 Å². The number of benzene rings is 1. The zero-order valence-electron chi connectivity index (χ0n) is 21.8. The van der Waals surface area contributed by atoms with Crippen LogP contribution in [-0.4, -0.2) is 73.9 Å². The average molecular weight is 521 g/mol. The number of rotatable bonds is 6. The highest BCUT2D eigenvalue weighted by Crippen LogP contribution is 2.41. The molecule has 1 aromatic carbocycles. The van der Waals surface area contributed by atoms with Crippen LogP contribution in [0, 0.1) is 0 Å². The van der Waals surface area contributed by atoms with Crippen LogP contribution in [0.4, 0.5) is 8.78 Å². The Morgan fingerprint density at radius 3 is 2.63 bits per heavy atom. The Morgan fingerprint density at radius 1 is 1.16 bits per heavy atom. The molecule has 0 saturated carbocycles.